The van der Waals surface area contributed by atoms with Crippen LogP contribution >= 0.6 is 0 Å². The highest BCUT2D eigenvalue weighted by Crippen LogP contribution is 1.81. The van der Waals surface area contributed by atoms with Gasteiger partial charge in [0, 0.05) is 26.2 Å². The van der Waals surface area contributed by atoms with Crippen LogP contribution in [0.5, 0.6) is 0 Å². The summed E-state index contributed by atoms with van der Waals surface area (Å²) >= 11 is 0. The van der Waals surface area contributed by atoms with E-state index in [1.54, 1.807) is 4.90 Å². The van der Waals surface area contributed by atoms with Gasteiger partial charge in [-0.2, -0.15) is 0 Å². The fourth-order valence-corrected chi connectivity index (χ4v) is 0.752. The molecule has 0 fully saturated rings. The standard InChI is InChI=1S/C6H17N3O2/c7-1-3-9(6-11)4-2-8-5-10/h8,10-11H,1-7H2. The summed E-state index contributed by atoms with van der Waals surface area (Å²) in [4.78, 5) is 1.79. The van der Waals surface area contributed by atoms with Crippen molar-refractivity contribution >= 4 is 0 Å². The van der Waals surface area contributed by atoms with Gasteiger partial charge in [0.25, 0.3) is 0 Å². The van der Waals surface area contributed by atoms with Gasteiger partial charge in [0.05, 0.1) is 13.5 Å². The second-order valence-corrected chi connectivity index (χ2v) is 2.21. The zero-order valence-corrected chi connectivity index (χ0v) is 6.66. The van der Waals surface area contributed by atoms with Gasteiger partial charge in [0.2, 0.25) is 0 Å². The first-order chi connectivity index (χ1) is 5.35. The maximum absolute atomic E-state index is 8.74. The van der Waals surface area contributed by atoms with Crippen LogP contribution in [0.25, 0.3) is 0 Å². The van der Waals surface area contributed by atoms with Crippen LogP contribution < -0.4 is 11.1 Å². The van der Waals surface area contributed by atoms with Crippen molar-refractivity contribution < 1.29 is 10.2 Å². The molecule has 0 aromatic carbocycles. The van der Waals surface area contributed by atoms with Gasteiger partial charge < -0.3 is 15.9 Å². The van der Waals surface area contributed by atoms with E-state index < -0.39 is 0 Å². The highest BCUT2D eigenvalue weighted by molar-refractivity contribution is 4.54. The SMILES string of the molecule is NCCN(CO)CCNCO. The Morgan fingerprint density at radius 3 is 2.45 bits per heavy atom. The van der Waals surface area contributed by atoms with Gasteiger partial charge in [-0.15, -0.1) is 0 Å². The first-order valence-corrected chi connectivity index (χ1v) is 3.70. The summed E-state index contributed by atoms with van der Waals surface area (Å²) in [6, 6.07) is 0. The fourth-order valence-electron chi connectivity index (χ4n) is 0.752. The molecule has 0 rings (SSSR count). The number of nitrogens with two attached hydrogens (primary N) is 1. The maximum Gasteiger partial charge on any atom is 0.0957 e. The van der Waals surface area contributed by atoms with Crippen LogP contribution in [0.15, 0.2) is 0 Å². The molecule has 0 unspecified atom stereocenters. The van der Waals surface area contributed by atoms with Crippen molar-refractivity contribution in [1.82, 2.24) is 10.2 Å². The second-order valence-electron chi connectivity index (χ2n) is 2.21. The molecule has 0 bridgehead atoms. The molecule has 5 heteroatoms. The van der Waals surface area contributed by atoms with Gasteiger partial charge >= 0.3 is 0 Å². The van der Waals surface area contributed by atoms with Crippen molar-refractivity contribution in [1.29, 1.82) is 0 Å². The van der Waals surface area contributed by atoms with Gasteiger partial charge in [0.1, 0.15) is 0 Å². The smallest absolute Gasteiger partial charge is 0.0957 e. The molecule has 0 saturated heterocycles. The largest absolute Gasteiger partial charge is 0.381 e. The van der Waals surface area contributed by atoms with Crippen molar-refractivity contribution in [3.8, 4) is 0 Å². The van der Waals surface area contributed by atoms with Crippen LogP contribution in [0, 0.1) is 0 Å². The minimum absolute atomic E-state index is 0.0182. The van der Waals surface area contributed by atoms with Crippen molar-refractivity contribution in [2.45, 2.75) is 0 Å². The van der Waals surface area contributed by atoms with Gasteiger partial charge in [0.15, 0.2) is 0 Å². The summed E-state index contributed by atoms with van der Waals surface area (Å²) in [7, 11) is 0. The van der Waals surface area contributed by atoms with E-state index in [4.69, 9.17) is 15.9 Å². The van der Waals surface area contributed by atoms with E-state index in [0.717, 1.165) is 0 Å². The molecule has 0 spiro atoms. The number of nitrogens with zero attached hydrogens (tertiary/aromatic N) is 1. The van der Waals surface area contributed by atoms with Crippen molar-refractivity contribution in [3.63, 3.8) is 0 Å². The first kappa shape index (κ1) is 10.8. The highest BCUT2D eigenvalue weighted by Gasteiger charge is 1.99. The number of nitrogens with one attached hydrogen (secondary N) is 1. The van der Waals surface area contributed by atoms with E-state index in [9.17, 15) is 0 Å². The van der Waals surface area contributed by atoms with Gasteiger partial charge in [-0.1, -0.05) is 0 Å². The lowest BCUT2D eigenvalue weighted by atomic mass is 10.5. The Bertz CT molecular complexity index is 82.2. The summed E-state index contributed by atoms with van der Waals surface area (Å²) in [6.45, 7) is 2.58. The lowest BCUT2D eigenvalue weighted by Crippen LogP contribution is -2.36. The molecule has 5 nitrogen and oxygen atoms in total. The second kappa shape index (κ2) is 7.90. The Balaban J connectivity index is 3.20. The molecule has 0 aliphatic rings. The van der Waals surface area contributed by atoms with E-state index in [1.165, 1.54) is 0 Å². The van der Waals surface area contributed by atoms with E-state index in [0.29, 0.717) is 26.2 Å². The van der Waals surface area contributed by atoms with Crippen LogP contribution in [-0.4, -0.2) is 54.8 Å². The van der Waals surface area contributed by atoms with E-state index in [1.807, 2.05) is 0 Å². The van der Waals surface area contributed by atoms with E-state index in [-0.39, 0.29) is 13.5 Å². The Morgan fingerprint density at radius 1 is 1.27 bits per heavy atom. The van der Waals surface area contributed by atoms with Crippen LogP contribution in [0.4, 0.5) is 0 Å². The van der Waals surface area contributed by atoms with Gasteiger partial charge in [-0.05, 0) is 0 Å². The Hall–Kier alpha value is -0.200. The predicted octanol–water partition coefficient (Wildman–Crippen LogP) is -2.26. The van der Waals surface area contributed by atoms with Crippen molar-refractivity contribution in [2.75, 3.05) is 39.6 Å². The summed E-state index contributed by atoms with van der Waals surface area (Å²) in [6.07, 6.45) is 0. The average molecular weight is 163 g/mol. The minimum Gasteiger partial charge on any atom is -0.381 e. The summed E-state index contributed by atoms with van der Waals surface area (Å²) < 4.78 is 0. The van der Waals surface area contributed by atoms with Gasteiger partial charge in [-0.3, -0.25) is 10.2 Å². The topological polar surface area (TPSA) is 81.8 Å². The molecular weight excluding hydrogens is 146 g/mol. The molecule has 5 N–H and O–H groups in total. The Labute approximate surface area is 66.8 Å². The summed E-state index contributed by atoms with van der Waals surface area (Å²) in [5.41, 5.74) is 5.29. The van der Waals surface area contributed by atoms with Crippen LogP contribution in [-0.2, 0) is 0 Å². The zero-order chi connectivity index (χ0) is 8.53. The number of aliphatic hydroxyl groups is 2. The third-order valence-electron chi connectivity index (χ3n) is 1.36. The number of hydrogen-bond acceptors (Lipinski definition) is 5. The van der Waals surface area contributed by atoms with Crippen molar-refractivity contribution in [3.05, 3.63) is 0 Å². The normalized spacial score (nSPS) is 10.9. The van der Waals surface area contributed by atoms with Crippen LogP contribution in [0.2, 0.25) is 0 Å². The monoisotopic (exact) mass is 163 g/mol. The molecular formula is C6H17N3O2. The molecule has 68 valence electrons. The quantitative estimate of drug-likeness (QED) is 0.251. The molecule has 0 saturated carbocycles. The molecule has 0 atom stereocenters. The van der Waals surface area contributed by atoms with Crippen LogP contribution in [0.1, 0.15) is 0 Å². The van der Waals surface area contributed by atoms with Crippen LogP contribution in [0.3, 0.4) is 0 Å². The summed E-state index contributed by atoms with van der Waals surface area (Å²) in [5.74, 6) is 0. The molecule has 0 aromatic heterocycles. The van der Waals surface area contributed by atoms with E-state index >= 15 is 0 Å². The number of aliphatic hydroxyl groups excluding tert-OH is 2. The third-order valence-corrected chi connectivity index (χ3v) is 1.36. The molecule has 0 radical (unpaired) electrons. The number of rotatable bonds is 7. The van der Waals surface area contributed by atoms with Gasteiger partial charge in [-0.25, -0.2) is 0 Å². The molecule has 0 amide bonds. The Kier molecular flexibility index (Phi) is 7.76. The maximum atomic E-state index is 8.74. The lowest BCUT2D eigenvalue weighted by Gasteiger charge is -2.17. The van der Waals surface area contributed by atoms with Crippen molar-refractivity contribution in [2.24, 2.45) is 5.73 Å². The molecule has 11 heavy (non-hydrogen) atoms. The molecule has 0 heterocycles. The first-order valence-electron chi connectivity index (χ1n) is 3.70. The zero-order valence-electron chi connectivity index (χ0n) is 6.66. The summed E-state index contributed by atoms with van der Waals surface area (Å²) in [5, 5.41) is 19.8. The fraction of sp³-hybridized carbons (Fsp3) is 1.00. The third kappa shape index (κ3) is 6.21. The Morgan fingerprint density at radius 2 is 2.00 bits per heavy atom. The predicted molar refractivity (Wildman–Crippen MR) is 42.8 cm³/mol. The highest BCUT2D eigenvalue weighted by atomic mass is 16.3. The van der Waals surface area contributed by atoms with E-state index in [2.05, 4.69) is 5.32 Å². The molecule has 0 aliphatic heterocycles. The lowest BCUT2D eigenvalue weighted by molar-refractivity contribution is 0.108. The molecule has 0 aromatic rings. The average Bonchev–Trinajstić information content (AvgIpc) is 2.03. The minimum atomic E-state index is -0.0259. The number of hydrogen-bond donors (Lipinski definition) is 4. The molecule has 0 aliphatic carbocycles.